The second-order valence-corrected chi connectivity index (χ2v) is 13.2. The quantitative estimate of drug-likeness (QED) is 0.306. The minimum absolute atomic E-state index is 0.113. The number of esters is 1. The van der Waals surface area contributed by atoms with Crippen molar-refractivity contribution in [2.45, 2.75) is 119 Å². The molecule has 2 heteroatoms. The summed E-state index contributed by atoms with van der Waals surface area (Å²) in [4.78, 5) is 11.5. The zero-order valence-corrected chi connectivity index (χ0v) is 22.1. The van der Waals surface area contributed by atoms with Crippen molar-refractivity contribution in [1.82, 2.24) is 0 Å². The monoisotopic (exact) mass is 442 g/mol. The van der Waals surface area contributed by atoms with Gasteiger partial charge in [0.05, 0.1) is 0 Å². The molecule has 182 valence electrons. The molecule has 0 aromatic heterocycles. The zero-order chi connectivity index (χ0) is 23.3. The Morgan fingerprint density at radius 3 is 2.47 bits per heavy atom. The van der Waals surface area contributed by atoms with Gasteiger partial charge in [-0.1, -0.05) is 66.0 Å². The van der Waals surface area contributed by atoms with Crippen LogP contribution in [0.3, 0.4) is 0 Å². The summed E-state index contributed by atoms with van der Waals surface area (Å²) in [6.45, 7) is 16.6. The molecule has 3 fully saturated rings. The normalized spacial score (nSPS) is 43.0. The molecule has 4 aliphatic rings. The van der Waals surface area contributed by atoms with Crippen molar-refractivity contribution >= 4 is 5.97 Å². The highest BCUT2D eigenvalue weighted by Crippen LogP contribution is 2.67. The Balaban J connectivity index is 1.46. The first-order valence-corrected chi connectivity index (χ1v) is 13.9. The standard InChI is InChI=1S/C30H50O2/c1-19(2)20(3)8-9-21(4)26-12-13-27-25-11-10-23-18-24(32-22(5)31)14-16-29(23,6)28(25)15-17-30(26,27)7/h10,19-21,24-28H,8-9,11-18H2,1-7H3/t20-,21-,24+,25+,26-,27+,28+,29+,30-/m1/s1. The van der Waals surface area contributed by atoms with Crippen LogP contribution in [0.2, 0.25) is 0 Å². The summed E-state index contributed by atoms with van der Waals surface area (Å²) in [5, 5.41) is 0. The van der Waals surface area contributed by atoms with Gasteiger partial charge in [-0.05, 0) is 97.2 Å². The van der Waals surface area contributed by atoms with Crippen molar-refractivity contribution in [3.8, 4) is 0 Å². The largest absolute Gasteiger partial charge is 0.462 e. The van der Waals surface area contributed by atoms with Crippen LogP contribution in [-0.4, -0.2) is 12.1 Å². The molecular formula is C30H50O2. The second kappa shape index (κ2) is 9.10. The summed E-state index contributed by atoms with van der Waals surface area (Å²) in [6, 6.07) is 0. The Morgan fingerprint density at radius 1 is 1.03 bits per heavy atom. The van der Waals surface area contributed by atoms with E-state index in [0.717, 1.165) is 54.3 Å². The topological polar surface area (TPSA) is 26.3 Å². The summed E-state index contributed by atoms with van der Waals surface area (Å²) in [6.07, 6.45) is 15.8. The predicted octanol–water partition coefficient (Wildman–Crippen LogP) is 8.21. The molecule has 0 amide bonds. The van der Waals surface area contributed by atoms with Crippen LogP contribution in [0.25, 0.3) is 0 Å². The average molecular weight is 443 g/mol. The lowest BCUT2D eigenvalue weighted by Crippen LogP contribution is -2.51. The summed E-state index contributed by atoms with van der Waals surface area (Å²) < 4.78 is 5.62. The van der Waals surface area contributed by atoms with Gasteiger partial charge in [0.2, 0.25) is 0 Å². The highest BCUT2D eigenvalue weighted by atomic mass is 16.5. The van der Waals surface area contributed by atoms with Gasteiger partial charge in [0, 0.05) is 13.3 Å². The third-order valence-electron chi connectivity index (χ3n) is 11.4. The van der Waals surface area contributed by atoms with Gasteiger partial charge in [0.25, 0.3) is 0 Å². The van der Waals surface area contributed by atoms with Crippen molar-refractivity contribution in [2.24, 2.45) is 52.3 Å². The van der Waals surface area contributed by atoms with E-state index in [4.69, 9.17) is 4.74 Å². The van der Waals surface area contributed by atoms with Gasteiger partial charge in [-0.2, -0.15) is 0 Å². The average Bonchev–Trinajstić information content (AvgIpc) is 3.08. The molecule has 2 nitrogen and oxygen atoms in total. The maximum atomic E-state index is 11.5. The number of fused-ring (bicyclic) bond motifs is 5. The zero-order valence-electron chi connectivity index (χ0n) is 22.1. The lowest BCUT2D eigenvalue weighted by Gasteiger charge is -2.58. The SMILES string of the molecule is CC(=O)O[C@H]1CC[C@@]2(C)C(=CC[C@H]3[C@@H]4CC[C@H]([C@H](C)CC[C@@H](C)C(C)C)[C@@]4(C)CC[C@@H]32)C1. The second-order valence-electron chi connectivity index (χ2n) is 13.2. The van der Waals surface area contributed by atoms with E-state index in [9.17, 15) is 4.79 Å². The Kier molecular flexibility index (Phi) is 6.92. The van der Waals surface area contributed by atoms with Crippen LogP contribution in [0.4, 0.5) is 0 Å². The van der Waals surface area contributed by atoms with Crippen LogP contribution in [-0.2, 0) is 9.53 Å². The maximum absolute atomic E-state index is 11.5. The molecule has 0 bridgehead atoms. The number of carbonyl (C=O) groups is 1. The van der Waals surface area contributed by atoms with Gasteiger partial charge in [0.1, 0.15) is 6.10 Å². The number of hydrogen-bond acceptors (Lipinski definition) is 2. The van der Waals surface area contributed by atoms with E-state index in [-0.39, 0.29) is 12.1 Å². The fourth-order valence-corrected chi connectivity index (χ4v) is 9.00. The molecule has 0 aromatic carbocycles. The third kappa shape index (κ3) is 4.22. The lowest BCUT2D eigenvalue weighted by atomic mass is 9.47. The molecule has 0 spiro atoms. The fourth-order valence-electron chi connectivity index (χ4n) is 9.00. The van der Waals surface area contributed by atoms with Crippen LogP contribution in [0.1, 0.15) is 113 Å². The molecular weight excluding hydrogens is 392 g/mol. The first-order chi connectivity index (χ1) is 15.1. The van der Waals surface area contributed by atoms with Crippen LogP contribution < -0.4 is 0 Å². The van der Waals surface area contributed by atoms with Crippen molar-refractivity contribution < 1.29 is 9.53 Å². The molecule has 4 rings (SSSR count). The number of carbonyl (C=O) groups excluding carboxylic acids is 1. The summed E-state index contributed by atoms with van der Waals surface area (Å²) >= 11 is 0. The van der Waals surface area contributed by atoms with Gasteiger partial charge in [-0.25, -0.2) is 0 Å². The Hall–Kier alpha value is -0.790. The molecule has 0 saturated heterocycles. The Labute approximate surface area is 198 Å². The minimum Gasteiger partial charge on any atom is -0.462 e. The van der Waals surface area contributed by atoms with E-state index >= 15 is 0 Å². The molecule has 0 aromatic rings. The van der Waals surface area contributed by atoms with Crippen LogP contribution in [0.15, 0.2) is 11.6 Å². The van der Waals surface area contributed by atoms with Gasteiger partial charge >= 0.3 is 5.97 Å². The molecule has 3 saturated carbocycles. The van der Waals surface area contributed by atoms with E-state index in [1.54, 1.807) is 12.5 Å². The predicted molar refractivity (Wildman–Crippen MR) is 133 cm³/mol. The van der Waals surface area contributed by atoms with Gasteiger partial charge < -0.3 is 4.74 Å². The van der Waals surface area contributed by atoms with Crippen LogP contribution in [0.5, 0.6) is 0 Å². The van der Waals surface area contributed by atoms with E-state index in [2.05, 4.69) is 47.6 Å². The van der Waals surface area contributed by atoms with E-state index in [1.165, 1.54) is 51.4 Å². The first-order valence-electron chi connectivity index (χ1n) is 13.9. The van der Waals surface area contributed by atoms with Crippen molar-refractivity contribution in [3.63, 3.8) is 0 Å². The minimum atomic E-state index is -0.116. The first kappa shape index (κ1) is 24.3. The molecule has 0 N–H and O–H groups in total. The number of allylic oxidation sites excluding steroid dienone is 1. The van der Waals surface area contributed by atoms with Crippen molar-refractivity contribution in [2.75, 3.05) is 0 Å². The van der Waals surface area contributed by atoms with Gasteiger partial charge in [-0.15, -0.1) is 0 Å². The lowest BCUT2D eigenvalue weighted by molar-refractivity contribution is -0.148. The Bertz CT molecular complexity index is 722. The molecule has 4 aliphatic carbocycles. The summed E-state index contributed by atoms with van der Waals surface area (Å²) in [5.74, 6) is 5.96. The number of rotatable bonds is 6. The third-order valence-corrected chi connectivity index (χ3v) is 11.4. The molecule has 0 radical (unpaired) electrons. The van der Waals surface area contributed by atoms with E-state index < -0.39 is 0 Å². The van der Waals surface area contributed by atoms with E-state index in [1.807, 2.05) is 0 Å². The number of ether oxygens (including phenoxy) is 1. The molecule has 9 atom stereocenters. The molecule has 0 aliphatic heterocycles. The Morgan fingerprint density at radius 2 is 1.78 bits per heavy atom. The van der Waals surface area contributed by atoms with Crippen molar-refractivity contribution in [1.29, 1.82) is 0 Å². The molecule has 0 unspecified atom stereocenters. The van der Waals surface area contributed by atoms with E-state index in [0.29, 0.717) is 10.8 Å². The number of hydrogen-bond donors (Lipinski definition) is 0. The van der Waals surface area contributed by atoms with Gasteiger partial charge in [-0.3, -0.25) is 4.79 Å². The maximum Gasteiger partial charge on any atom is 0.302 e. The molecule has 0 heterocycles. The highest BCUT2D eigenvalue weighted by molar-refractivity contribution is 5.66. The van der Waals surface area contributed by atoms with Crippen molar-refractivity contribution in [3.05, 3.63) is 11.6 Å². The van der Waals surface area contributed by atoms with Crippen LogP contribution in [0, 0.1) is 52.3 Å². The fraction of sp³-hybridized carbons (Fsp3) is 0.900. The van der Waals surface area contributed by atoms with Crippen LogP contribution >= 0.6 is 0 Å². The summed E-state index contributed by atoms with van der Waals surface area (Å²) in [7, 11) is 0. The van der Waals surface area contributed by atoms with Gasteiger partial charge in [0.15, 0.2) is 0 Å². The molecule has 32 heavy (non-hydrogen) atoms. The highest BCUT2D eigenvalue weighted by Gasteiger charge is 2.59. The smallest absolute Gasteiger partial charge is 0.302 e. The summed E-state index contributed by atoms with van der Waals surface area (Å²) in [5.41, 5.74) is 2.51.